The van der Waals surface area contributed by atoms with Crippen molar-refractivity contribution in [3.05, 3.63) is 21.5 Å². The highest BCUT2D eigenvalue weighted by molar-refractivity contribution is 14.1. The Morgan fingerprint density at radius 2 is 1.89 bits per heavy atom. The van der Waals surface area contributed by atoms with Gasteiger partial charge in [-0.15, -0.1) is 0 Å². The van der Waals surface area contributed by atoms with Gasteiger partial charge in [0.05, 0.1) is 11.2 Å². The van der Waals surface area contributed by atoms with Gasteiger partial charge in [0.2, 0.25) is 0 Å². The number of carbonyl (C=O) groups excluding carboxylic acids is 1. The molecular weight excluding hydrogens is 343 g/mol. The minimum absolute atomic E-state index is 0.295. The van der Waals surface area contributed by atoms with Crippen molar-refractivity contribution in [2.45, 2.75) is 45.8 Å². The number of ether oxygens (including phenoxy) is 1. The molecule has 0 fully saturated rings. The average Bonchev–Trinajstić information content (AvgIpc) is 2.58. The van der Waals surface area contributed by atoms with Crippen molar-refractivity contribution < 1.29 is 9.53 Å². The topological polar surface area (TPSA) is 43.3 Å². The molecule has 0 aliphatic rings. The number of nitrogens with zero attached hydrogens (tertiary/aromatic N) is 1. The first-order valence-corrected chi connectivity index (χ1v) is 6.96. The highest BCUT2D eigenvalue weighted by Crippen LogP contribution is 2.27. The van der Waals surface area contributed by atoms with E-state index in [4.69, 9.17) is 4.74 Å². The van der Waals surface area contributed by atoms with Crippen molar-refractivity contribution in [2.75, 3.05) is 7.05 Å². The quantitative estimate of drug-likeness (QED) is 0.819. The maximum atomic E-state index is 12.2. The number of hydrogen-bond acceptors (Lipinski definition) is 3. The Morgan fingerprint density at radius 3 is 2.33 bits per heavy atom. The van der Waals surface area contributed by atoms with Crippen LogP contribution >= 0.6 is 22.6 Å². The van der Waals surface area contributed by atoms with Crippen LogP contribution < -0.4 is 5.32 Å². The van der Waals surface area contributed by atoms with E-state index in [1.54, 1.807) is 10.8 Å². The number of carbonyl (C=O) groups is 1. The van der Waals surface area contributed by atoms with Gasteiger partial charge < -0.3 is 10.1 Å². The maximum Gasteiger partial charge on any atom is 0.418 e. The van der Waals surface area contributed by atoms with Crippen LogP contribution in [0.3, 0.4) is 0 Å². The Labute approximate surface area is 122 Å². The highest BCUT2D eigenvalue weighted by atomic mass is 127. The first-order valence-electron chi connectivity index (χ1n) is 5.88. The number of halogens is 1. The summed E-state index contributed by atoms with van der Waals surface area (Å²) in [6.45, 7) is 9.66. The summed E-state index contributed by atoms with van der Waals surface area (Å²) in [5, 5.41) is 3.21. The predicted octanol–water partition coefficient (Wildman–Crippen LogP) is 3.33. The molecule has 1 aromatic heterocycles. The SMILES string of the molecule is CNC(C)(C)c1c(I)ccn1C(=O)OC(C)(C)C. The fraction of sp³-hybridized carbons (Fsp3) is 0.615. The minimum Gasteiger partial charge on any atom is -0.443 e. The smallest absolute Gasteiger partial charge is 0.418 e. The largest absolute Gasteiger partial charge is 0.443 e. The fourth-order valence-corrected chi connectivity index (χ4v) is 2.68. The van der Waals surface area contributed by atoms with Gasteiger partial charge in [0.15, 0.2) is 0 Å². The summed E-state index contributed by atoms with van der Waals surface area (Å²) in [6, 6.07) is 1.92. The number of aromatic nitrogens is 1. The predicted molar refractivity (Wildman–Crippen MR) is 80.9 cm³/mol. The van der Waals surface area contributed by atoms with Crippen LogP contribution in [0.15, 0.2) is 12.3 Å². The Bertz CT molecular complexity index is 444. The lowest BCUT2D eigenvalue weighted by Crippen LogP contribution is -2.38. The molecule has 0 atom stereocenters. The van der Waals surface area contributed by atoms with Gasteiger partial charge in [-0.3, -0.25) is 4.57 Å². The molecular formula is C13H21IN2O2. The van der Waals surface area contributed by atoms with Crippen LogP contribution in [-0.2, 0) is 10.3 Å². The molecule has 0 bridgehead atoms. The molecule has 1 N–H and O–H groups in total. The molecule has 0 amide bonds. The van der Waals surface area contributed by atoms with Crippen LogP contribution in [0.5, 0.6) is 0 Å². The second-order valence-electron chi connectivity index (χ2n) is 5.74. The third-order valence-electron chi connectivity index (χ3n) is 2.64. The molecule has 1 rings (SSSR count). The van der Waals surface area contributed by atoms with Gasteiger partial charge in [-0.1, -0.05) is 0 Å². The van der Waals surface area contributed by atoms with Crippen molar-refractivity contribution in [3.63, 3.8) is 0 Å². The van der Waals surface area contributed by atoms with Crippen molar-refractivity contribution in [1.29, 1.82) is 0 Å². The molecule has 18 heavy (non-hydrogen) atoms. The summed E-state index contributed by atoms with van der Waals surface area (Å²) in [6.07, 6.45) is 1.41. The number of hydrogen-bond donors (Lipinski definition) is 1. The molecule has 0 saturated carbocycles. The van der Waals surface area contributed by atoms with E-state index in [9.17, 15) is 4.79 Å². The van der Waals surface area contributed by atoms with E-state index in [1.807, 2.05) is 47.7 Å². The van der Waals surface area contributed by atoms with Gasteiger partial charge in [0, 0.05) is 9.77 Å². The van der Waals surface area contributed by atoms with Gasteiger partial charge in [-0.2, -0.15) is 0 Å². The van der Waals surface area contributed by atoms with Crippen LogP contribution in [0.2, 0.25) is 0 Å². The zero-order valence-corrected chi connectivity index (χ0v) is 14.0. The maximum absolute atomic E-state index is 12.2. The lowest BCUT2D eigenvalue weighted by Gasteiger charge is -2.27. The molecule has 0 unspecified atom stereocenters. The van der Waals surface area contributed by atoms with E-state index in [0.717, 1.165) is 9.26 Å². The number of rotatable bonds is 2. The van der Waals surface area contributed by atoms with E-state index >= 15 is 0 Å². The molecule has 0 aliphatic heterocycles. The number of nitrogens with one attached hydrogen (secondary N) is 1. The van der Waals surface area contributed by atoms with E-state index < -0.39 is 5.60 Å². The average molecular weight is 364 g/mol. The van der Waals surface area contributed by atoms with Crippen molar-refractivity contribution >= 4 is 28.7 Å². The summed E-state index contributed by atoms with van der Waals surface area (Å²) in [4.78, 5) is 12.2. The van der Waals surface area contributed by atoms with E-state index in [0.29, 0.717) is 0 Å². The zero-order valence-electron chi connectivity index (χ0n) is 11.8. The van der Waals surface area contributed by atoms with Gasteiger partial charge in [0.25, 0.3) is 0 Å². The standard InChI is InChI=1S/C13H21IN2O2/c1-12(2,3)18-11(17)16-8-7-9(14)10(16)13(4,5)15-6/h7-8,15H,1-6H3. The normalized spacial score (nSPS) is 12.6. The Morgan fingerprint density at radius 1 is 1.33 bits per heavy atom. The summed E-state index contributed by atoms with van der Waals surface area (Å²) in [5.41, 5.74) is 0.130. The zero-order chi connectivity index (χ0) is 14.1. The molecule has 4 nitrogen and oxygen atoms in total. The van der Waals surface area contributed by atoms with Gasteiger partial charge in [0.1, 0.15) is 5.60 Å². The Kier molecular flexibility index (Phi) is 4.48. The summed E-state index contributed by atoms with van der Waals surface area (Å²) in [7, 11) is 1.88. The third kappa shape index (κ3) is 3.47. The van der Waals surface area contributed by atoms with Crippen LogP contribution in [0, 0.1) is 3.57 Å². The Balaban J connectivity index is 3.16. The first-order chi connectivity index (χ1) is 8.08. The van der Waals surface area contributed by atoms with Gasteiger partial charge in [-0.05, 0) is 70.3 Å². The second-order valence-corrected chi connectivity index (χ2v) is 6.90. The van der Waals surface area contributed by atoms with Crippen molar-refractivity contribution in [3.8, 4) is 0 Å². The molecule has 102 valence electrons. The molecule has 0 saturated heterocycles. The summed E-state index contributed by atoms with van der Waals surface area (Å²) >= 11 is 2.23. The van der Waals surface area contributed by atoms with Crippen molar-refractivity contribution in [1.82, 2.24) is 9.88 Å². The molecule has 0 aromatic carbocycles. The molecule has 0 radical (unpaired) electrons. The lowest BCUT2D eigenvalue weighted by atomic mass is 10.0. The third-order valence-corrected chi connectivity index (χ3v) is 3.51. The molecule has 5 heteroatoms. The van der Waals surface area contributed by atoms with Crippen LogP contribution in [0.4, 0.5) is 4.79 Å². The van der Waals surface area contributed by atoms with Gasteiger partial charge >= 0.3 is 6.09 Å². The Hall–Kier alpha value is -0.560. The van der Waals surface area contributed by atoms with E-state index in [1.165, 1.54) is 0 Å². The summed E-state index contributed by atoms with van der Waals surface area (Å²) < 4.78 is 8.02. The minimum atomic E-state index is -0.492. The molecule has 1 heterocycles. The monoisotopic (exact) mass is 364 g/mol. The lowest BCUT2D eigenvalue weighted by molar-refractivity contribution is 0.0525. The van der Waals surface area contributed by atoms with Crippen LogP contribution in [0.25, 0.3) is 0 Å². The van der Waals surface area contributed by atoms with Crippen LogP contribution in [0.1, 0.15) is 40.3 Å². The van der Waals surface area contributed by atoms with Crippen molar-refractivity contribution in [2.24, 2.45) is 0 Å². The first kappa shape index (κ1) is 15.5. The van der Waals surface area contributed by atoms with E-state index in [-0.39, 0.29) is 11.6 Å². The van der Waals surface area contributed by atoms with Gasteiger partial charge in [-0.25, -0.2) is 4.79 Å². The molecule has 1 aromatic rings. The fourth-order valence-electron chi connectivity index (χ4n) is 1.59. The molecule has 0 spiro atoms. The van der Waals surface area contributed by atoms with Crippen LogP contribution in [-0.4, -0.2) is 23.3 Å². The highest BCUT2D eigenvalue weighted by Gasteiger charge is 2.29. The van der Waals surface area contributed by atoms with E-state index in [2.05, 4.69) is 27.9 Å². The summed E-state index contributed by atoms with van der Waals surface area (Å²) in [5.74, 6) is 0. The molecule has 0 aliphatic carbocycles. The second kappa shape index (κ2) is 5.21.